The van der Waals surface area contributed by atoms with Crippen molar-refractivity contribution in [2.45, 2.75) is 6.92 Å². The molecule has 82 valence electrons. The van der Waals surface area contributed by atoms with Gasteiger partial charge >= 0.3 is 10.2 Å². The topological polar surface area (TPSA) is 92.5 Å². The first kappa shape index (κ1) is 11.5. The van der Waals surface area contributed by atoms with E-state index in [4.69, 9.17) is 5.84 Å². The number of benzene rings is 1. The number of hydrogen-bond acceptors (Lipinski definition) is 4. The molecule has 1 amide bonds. The van der Waals surface area contributed by atoms with Gasteiger partial charge in [-0.05, 0) is 12.1 Å². The zero-order chi connectivity index (χ0) is 11.5. The SMILES string of the molecule is CC(=O)NS(=O)(=O)N(N)c1ccccc1. The molecule has 0 bridgehead atoms. The van der Waals surface area contributed by atoms with Crippen LogP contribution in [-0.4, -0.2) is 14.3 Å². The number of para-hydroxylation sites is 1. The predicted octanol–water partition coefficient (Wildman–Crippen LogP) is -0.252. The number of rotatable bonds is 3. The van der Waals surface area contributed by atoms with Crippen molar-refractivity contribution in [1.29, 1.82) is 0 Å². The second kappa shape index (κ2) is 4.28. The first-order chi connectivity index (χ1) is 6.93. The van der Waals surface area contributed by atoms with Gasteiger partial charge in [0, 0.05) is 6.92 Å². The lowest BCUT2D eigenvalue weighted by molar-refractivity contribution is -0.117. The van der Waals surface area contributed by atoms with Crippen molar-refractivity contribution < 1.29 is 13.2 Å². The Kier molecular flexibility index (Phi) is 3.28. The van der Waals surface area contributed by atoms with Gasteiger partial charge < -0.3 is 0 Å². The molecular weight excluding hydrogens is 218 g/mol. The quantitative estimate of drug-likeness (QED) is 0.552. The Labute approximate surface area is 87.8 Å². The summed E-state index contributed by atoms with van der Waals surface area (Å²) in [6.07, 6.45) is 0. The Morgan fingerprint density at radius 2 is 1.87 bits per heavy atom. The first-order valence-electron chi connectivity index (χ1n) is 4.07. The summed E-state index contributed by atoms with van der Waals surface area (Å²) < 4.78 is 25.1. The Morgan fingerprint density at radius 3 is 2.33 bits per heavy atom. The number of anilines is 1. The van der Waals surface area contributed by atoms with Crippen LogP contribution < -0.4 is 15.0 Å². The number of nitrogens with zero attached hydrogens (tertiary/aromatic N) is 1. The lowest BCUT2D eigenvalue weighted by atomic mass is 10.3. The fraction of sp³-hybridized carbons (Fsp3) is 0.125. The molecule has 1 rings (SSSR count). The molecule has 1 aromatic rings. The Morgan fingerprint density at radius 1 is 1.33 bits per heavy atom. The lowest BCUT2D eigenvalue weighted by Crippen LogP contribution is -2.46. The molecule has 0 fully saturated rings. The maximum atomic E-state index is 11.4. The number of nitrogens with one attached hydrogen (secondary N) is 1. The van der Waals surface area contributed by atoms with Crippen LogP contribution in [0.5, 0.6) is 0 Å². The van der Waals surface area contributed by atoms with E-state index in [0.717, 1.165) is 6.92 Å². The van der Waals surface area contributed by atoms with Gasteiger partial charge in [0.05, 0.1) is 5.69 Å². The van der Waals surface area contributed by atoms with Crippen LogP contribution in [0.4, 0.5) is 5.69 Å². The minimum atomic E-state index is -4.00. The maximum absolute atomic E-state index is 11.4. The second-order valence-corrected chi connectivity index (χ2v) is 4.34. The molecule has 0 heterocycles. The smallest absolute Gasteiger partial charge is 0.274 e. The number of amides is 1. The van der Waals surface area contributed by atoms with Crippen molar-refractivity contribution in [1.82, 2.24) is 4.72 Å². The third kappa shape index (κ3) is 2.93. The summed E-state index contributed by atoms with van der Waals surface area (Å²) in [6, 6.07) is 8.03. The first-order valence-corrected chi connectivity index (χ1v) is 5.51. The molecule has 6 nitrogen and oxygen atoms in total. The largest absolute Gasteiger partial charge is 0.339 e. The van der Waals surface area contributed by atoms with Crippen LogP contribution in [0.3, 0.4) is 0 Å². The monoisotopic (exact) mass is 229 g/mol. The van der Waals surface area contributed by atoms with Crippen LogP contribution in [0.2, 0.25) is 0 Å². The molecule has 1 aromatic carbocycles. The van der Waals surface area contributed by atoms with E-state index >= 15 is 0 Å². The van der Waals surface area contributed by atoms with Gasteiger partial charge in [0.2, 0.25) is 5.91 Å². The molecule has 0 saturated heterocycles. The van der Waals surface area contributed by atoms with Crippen molar-refractivity contribution >= 4 is 21.8 Å². The fourth-order valence-corrected chi connectivity index (χ4v) is 1.81. The molecule has 0 aliphatic rings. The molecule has 0 aliphatic carbocycles. The van der Waals surface area contributed by atoms with Gasteiger partial charge in [-0.3, -0.25) is 4.79 Å². The third-order valence-corrected chi connectivity index (χ3v) is 2.82. The van der Waals surface area contributed by atoms with Gasteiger partial charge in [-0.25, -0.2) is 10.6 Å². The van der Waals surface area contributed by atoms with E-state index in [2.05, 4.69) is 0 Å². The highest BCUT2D eigenvalue weighted by Gasteiger charge is 2.19. The highest BCUT2D eigenvalue weighted by atomic mass is 32.2. The van der Waals surface area contributed by atoms with Crippen molar-refractivity contribution in [3.63, 3.8) is 0 Å². The molecule has 0 aromatic heterocycles. The zero-order valence-corrected chi connectivity index (χ0v) is 8.86. The van der Waals surface area contributed by atoms with Crippen LogP contribution in [0.25, 0.3) is 0 Å². The standard InChI is InChI=1S/C8H11N3O3S/c1-7(12)10-15(13,14)11(9)8-5-3-2-4-6-8/h2-6H,9H2,1H3,(H,10,12). The van der Waals surface area contributed by atoms with Crippen LogP contribution in [0.1, 0.15) is 6.92 Å². The molecule has 0 atom stereocenters. The Balaban J connectivity index is 2.95. The van der Waals surface area contributed by atoms with E-state index in [9.17, 15) is 13.2 Å². The summed E-state index contributed by atoms with van der Waals surface area (Å²) >= 11 is 0. The minimum absolute atomic E-state index is 0.270. The predicted molar refractivity (Wildman–Crippen MR) is 55.8 cm³/mol. The number of hydrogen-bond donors (Lipinski definition) is 2. The summed E-state index contributed by atoms with van der Waals surface area (Å²) in [7, 11) is -4.00. The maximum Gasteiger partial charge on any atom is 0.339 e. The summed E-state index contributed by atoms with van der Waals surface area (Å²) in [4.78, 5) is 10.6. The van der Waals surface area contributed by atoms with Gasteiger partial charge in [0.1, 0.15) is 0 Å². The summed E-state index contributed by atoms with van der Waals surface area (Å²) in [6.45, 7) is 1.09. The number of nitrogens with two attached hydrogens (primary N) is 1. The van der Waals surface area contributed by atoms with E-state index in [-0.39, 0.29) is 5.69 Å². The van der Waals surface area contributed by atoms with E-state index in [1.807, 2.05) is 0 Å². The van der Waals surface area contributed by atoms with Crippen molar-refractivity contribution in [3.8, 4) is 0 Å². The van der Waals surface area contributed by atoms with Crippen LogP contribution in [0, 0.1) is 0 Å². The summed E-state index contributed by atoms with van der Waals surface area (Å²) in [5.74, 6) is 4.66. The molecule has 0 unspecified atom stereocenters. The zero-order valence-electron chi connectivity index (χ0n) is 8.04. The van der Waals surface area contributed by atoms with E-state index in [0.29, 0.717) is 4.41 Å². The number of hydrazine groups is 1. The van der Waals surface area contributed by atoms with Crippen molar-refractivity contribution in [2.75, 3.05) is 4.41 Å². The van der Waals surface area contributed by atoms with Crippen molar-refractivity contribution in [3.05, 3.63) is 30.3 Å². The molecular formula is C8H11N3O3S. The van der Waals surface area contributed by atoms with Gasteiger partial charge in [-0.2, -0.15) is 12.8 Å². The third-order valence-electron chi connectivity index (χ3n) is 1.54. The normalized spacial score (nSPS) is 10.8. The van der Waals surface area contributed by atoms with Gasteiger partial charge in [-0.1, -0.05) is 18.2 Å². The number of carbonyl (C=O) groups is 1. The number of carbonyl (C=O) groups excluding carboxylic acids is 1. The Bertz CT molecular complexity index is 443. The molecule has 0 spiro atoms. The second-order valence-electron chi connectivity index (χ2n) is 2.79. The molecule has 3 N–H and O–H groups in total. The molecule has 15 heavy (non-hydrogen) atoms. The molecule has 0 radical (unpaired) electrons. The fourth-order valence-electron chi connectivity index (χ4n) is 0.944. The van der Waals surface area contributed by atoms with Gasteiger partial charge in [0.15, 0.2) is 0 Å². The van der Waals surface area contributed by atoms with Gasteiger partial charge in [-0.15, -0.1) is 0 Å². The van der Waals surface area contributed by atoms with Crippen molar-refractivity contribution in [2.24, 2.45) is 5.84 Å². The summed E-state index contributed by atoms with van der Waals surface area (Å²) in [5, 5.41) is 0. The van der Waals surface area contributed by atoms with Crippen LogP contribution in [0.15, 0.2) is 30.3 Å². The lowest BCUT2D eigenvalue weighted by Gasteiger charge is -2.17. The Hall–Kier alpha value is -1.60. The van der Waals surface area contributed by atoms with E-state index in [1.54, 1.807) is 22.9 Å². The highest BCUT2D eigenvalue weighted by Crippen LogP contribution is 2.11. The van der Waals surface area contributed by atoms with Crippen LogP contribution >= 0.6 is 0 Å². The van der Waals surface area contributed by atoms with E-state index < -0.39 is 16.1 Å². The minimum Gasteiger partial charge on any atom is -0.274 e. The average molecular weight is 229 g/mol. The molecule has 0 aliphatic heterocycles. The molecule has 0 saturated carbocycles. The van der Waals surface area contributed by atoms with Gasteiger partial charge in [0.25, 0.3) is 0 Å². The molecule has 7 heteroatoms. The van der Waals surface area contributed by atoms with Crippen LogP contribution in [-0.2, 0) is 15.0 Å². The van der Waals surface area contributed by atoms with E-state index in [1.165, 1.54) is 12.1 Å². The average Bonchev–Trinajstić information content (AvgIpc) is 2.16. The summed E-state index contributed by atoms with van der Waals surface area (Å²) in [5.41, 5.74) is 0.270. The highest BCUT2D eigenvalue weighted by molar-refractivity contribution is 7.91.